The van der Waals surface area contributed by atoms with E-state index in [1.807, 2.05) is 0 Å². The molecular weight excluding hydrogens is 351 g/mol. The van der Waals surface area contributed by atoms with Gasteiger partial charge in [0.2, 0.25) is 0 Å². The molecule has 138 valence electrons. The molecule has 3 atom stereocenters. The summed E-state index contributed by atoms with van der Waals surface area (Å²) in [6.07, 6.45) is -1.47. The zero-order valence-electron chi connectivity index (χ0n) is 13.5. The molecular formula is C17H16F3N3O3. The number of ether oxygens (including phenoxy) is 1. The van der Waals surface area contributed by atoms with E-state index in [1.54, 1.807) is 12.1 Å². The molecule has 1 aromatic carbocycles. The van der Waals surface area contributed by atoms with Gasteiger partial charge in [0.05, 0.1) is 0 Å². The van der Waals surface area contributed by atoms with Gasteiger partial charge in [-0.2, -0.15) is 18.2 Å². The summed E-state index contributed by atoms with van der Waals surface area (Å²) in [5.41, 5.74) is -0.716. The van der Waals surface area contributed by atoms with Crippen LogP contribution in [0.25, 0.3) is 0 Å². The third kappa shape index (κ3) is 3.39. The first-order valence-corrected chi connectivity index (χ1v) is 8.26. The lowest BCUT2D eigenvalue weighted by atomic mass is 9.95. The summed E-state index contributed by atoms with van der Waals surface area (Å²) in [7, 11) is 0. The molecule has 2 aliphatic rings. The van der Waals surface area contributed by atoms with Gasteiger partial charge in [-0.15, -0.1) is 0 Å². The van der Waals surface area contributed by atoms with E-state index in [0.717, 1.165) is 19.3 Å². The van der Waals surface area contributed by atoms with Gasteiger partial charge in [0.25, 0.3) is 5.91 Å². The summed E-state index contributed by atoms with van der Waals surface area (Å²) in [5, 5.41) is 6.47. The Bertz CT molecular complexity index is 804. The van der Waals surface area contributed by atoms with Gasteiger partial charge in [-0.3, -0.25) is 4.79 Å². The summed E-state index contributed by atoms with van der Waals surface area (Å²) < 4.78 is 47.2. The second-order valence-corrected chi connectivity index (χ2v) is 6.49. The second-order valence-electron chi connectivity index (χ2n) is 6.49. The summed E-state index contributed by atoms with van der Waals surface area (Å²) in [6, 6.07) is 6.99. The molecule has 0 saturated carbocycles. The van der Waals surface area contributed by atoms with Crippen LogP contribution >= 0.6 is 0 Å². The predicted molar refractivity (Wildman–Crippen MR) is 83.8 cm³/mol. The Kier molecular flexibility index (Phi) is 4.10. The molecule has 26 heavy (non-hydrogen) atoms. The van der Waals surface area contributed by atoms with Crippen molar-refractivity contribution < 1.29 is 27.1 Å². The van der Waals surface area contributed by atoms with Crippen molar-refractivity contribution in [2.75, 3.05) is 0 Å². The number of oxazole rings is 1. The molecule has 2 aromatic rings. The minimum absolute atomic E-state index is 0.130. The van der Waals surface area contributed by atoms with E-state index in [-0.39, 0.29) is 17.7 Å². The van der Waals surface area contributed by atoms with Gasteiger partial charge in [0.15, 0.2) is 5.69 Å². The van der Waals surface area contributed by atoms with Crippen LogP contribution in [-0.4, -0.2) is 29.0 Å². The summed E-state index contributed by atoms with van der Waals surface area (Å²) >= 11 is 0. The van der Waals surface area contributed by atoms with Gasteiger partial charge >= 0.3 is 12.3 Å². The SMILES string of the molecule is O=C(N[C@@H]1C[C@H]2CC[C@@H]1N2)c1ccc(Oc2nc(C(F)(F)F)co2)cc1. The molecule has 2 N–H and O–H groups in total. The number of carbonyl (C=O) groups is 1. The van der Waals surface area contributed by atoms with E-state index in [2.05, 4.69) is 20.0 Å². The van der Waals surface area contributed by atoms with Gasteiger partial charge in [-0.1, -0.05) is 0 Å². The monoisotopic (exact) mass is 367 g/mol. The van der Waals surface area contributed by atoms with Crippen LogP contribution in [0.4, 0.5) is 13.2 Å². The van der Waals surface area contributed by atoms with Crippen molar-refractivity contribution in [3.8, 4) is 11.8 Å². The standard InChI is InChI=1S/C17H16F3N3O3/c18-17(19,20)14-8-25-16(23-14)26-11-4-1-9(2-5-11)15(24)22-13-7-10-3-6-12(13)21-10/h1-2,4-5,8,10,12-13,21H,3,6-7H2,(H,22,24)/t10-,12+,13-/m1/s1. The number of alkyl halides is 3. The number of hydrogen-bond acceptors (Lipinski definition) is 5. The minimum atomic E-state index is -4.60. The van der Waals surface area contributed by atoms with Gasteiger partial charge in [-0.25, -0.2) is 0 Å². The van der Waals surface area contributed by atoms with Crippen LogP contribution < -0.4 is 15.4 Å². The highest BCUT2D eigenvalue weighted by Gasteiger charge is 2.39. The Labute approximate surface area is 146 Å². The summed E-state index contributed by atoms with van der Waals surface area (Å²) in [6.45, 7) is 0. The number of halogens is 3. The first kappa shape index (κ1) is 16.9. The zero-order chi connectivity index (χ0) is 18.3. The molecule has 0 aliphatic carbocycles. The van der Waals surface area contributed by atoms with Crippen molar-refractivity contribution in [1.29, 1.82) is 0 Å². The fourth-order valence-electron chi connectivity index (χ4n) is 3.44. The molecule has 4 rings (SSSR count). The van der Waals surface area contributed by atoms with E-state index in [0.29, 0.717) is 23.9 Å². The molecule has 2 aliphatic heterocycles. The lowest BCUT2D eigenvalue weighted by Crippen LogP contribution is -2.42. The van der Waals surface area contributed by atoms with Gasteiger partial charge in [0, 0.05) is 23.7 Å². The summed E-state index contributed by atoms with van der Waals surface area (Å²) in [4.78, 5) is 15.5. The highest BCUT2D eigenvalue weighted by molar-refractivity contribution is 5.94. The molecule has 2 bridgehead atoms. The minimum Gasteiger partial charge on any atom is -0.417 e. The zero-order valence-corrected chi connectivity index (χ0v) is 13.5. The molecule has 0 unspecified atom stereocenters. The average molecular weight is 367 g/mol. The van der Waals surface area contributed by atoms with Crippen LogP contribution in [0.1, 0.15) is 35.3 Å². The fourth-order valence-corrected chi connectivity index (χ4v) is 3.44. The van der Waals surface area contributed by atoms with E-state index >= 15 is 0 Å². The maximum Gasteiger partial charge on any atom is 0.436 e. The van der Waals surface area contributed by atoms with E-state index < -0.39 is 17.9 Å². The fraction of sp³-hybridized carbons (Fsp3) is 0.412. The van der Waals surface area contributed by atoms with Gasteiger partial charge in [-0.05, 0) is 43.5 Å². The Morgan fingerprint density at radius 3 is 2.62 bits per heavy atom. The Morgan fingerprint density at radius 2 is 2.04 bits per heavy atom. The Morgan fingerprint density at radius 1 is 1.27 bits per heavy atom. The van der Waals surface area contributed by atoms with Crippen LogP contribution in [0, 0.1) is 0 Å². The number of carbonyl (C=O) groups excluding carboxylic acids is 1. The van der Waals surface area contributed by atoms with Crippen LogP contribution in [0.5, 0.6) is 11.8 Å². The van der Waals surface area contributed by atoms with E-state index in [4.69, 9.17) is 4.74 Å². The highest BCUT2D eigenvalue weighted by Crippen LogP contribution is 2.31. The van der Waals surface area contributed by atoms with Crippen molar-refractivity contribution in [1.82, 2.24) is 15.6 Å². The molecule has 1 aromatic heterocycles. The normalized spacial score (nSPS) is 24.7. The average Bonchev–Trinajstić information content (AvgIpc) is 3.31. The Balaban J connectivity index is 1.37. The van der Waals surface area contributed by atoms with Crippen molar-refractivity contribution >= 4 is 5.91 Å². The number of amides is 1. The van der Waals surface area contributed by atoms with Crippen molar-refractivity contribution in [3.05, 3.63) is 41.8 Å². The van der Waals surface area contributed by atoms with Crippen molar-refractivity contribution in [2.45, 2.75) is 43.6 Å². The number of aromatic nitrogens is 1. The van der Waals surface area contributed by atoms with Crippen molar-refractivity contribution in [3.63, 3.8) is 0 Å². The number of rotatable bonds is 4. The number of nitrogens with zero attached hydrogens (tertiary/aromatic N) is 1. The van der Waals surface area contributed by atoms with Crippen LogP contribution in [-0.2, 0) is 6.18 Å². The lowest BCUT2D eigenvalue weighted by Gasteiger charge is -2.21. The number of benzene rings is 1. The number of hydrogen-bond donors (Lipinski definition) is 2. The summed E-state index contributed by atoms with van der Waals surface area (Å²) in [5.74, 6) is 0.0325. The van der Waals surface area contributed by atoms with Crippen LogP contribution in [0.3, 0.4) is 0 Å². The number of nitrogens with one attached hydrogen (secondary N) is 2. The molecule has 2 saturated heterocycles. The molecule has 1 amide bonds. The maximum atomic E-state index is 12.5. The van der Waals surface area contributed by atoms with Gasteiger partial charge < -0.3 is 19.8 Å². The molecule has 0 radical (unpaired) electrons. The third-order valence-electron chi connectivity index (χ3n) is 4.71. The first-order valence-electron chi connectivity index (χ1n) is 8.26. The van der Waals surface area contributed by atoms with E-state index in [9.17, 15) is 18.0 Å². The van der Waals surface area contributed by atoms with Crippen molar-refractivity contribution in [2.24, 2.45) is 0 Å². The first-order chi connectivity index (χ1) is 12.4. The van der Waals surface area contributed by atoms with Gasteiger partial charge in [0.1, 0.15) is 12.0 Å². The molecule has 2 fully saturated rings. The second kappa shape index (κ2) is 6.31. The topological polar surface area (TPSA) is 76.4 Å². The number of fused-ring (bicyclic) bond motifs is 2. The Hall–Kier alpha value is -2.55. The molecule has 3 heterocycles. The lowest BCUT2D eigenvalue weighted by molar-refractivity contribution is -0.141. The highest BCUT2D eigenvalue weighted by atomic mass is 19.4. The molecule has 0 spiro atoms. The molecule has 6 nitrogen and oxygen atoms in total. The van der Waals surface area contributed by atoms with Crippen LogP contribution in [0.2, 0.25) is 0 Å². The molecule has 9 heteroatoms. The largest absolute Gasteiger partial charge is 0.436 e. The van der Waals surface area contributed by atoms with Crippen LogP contribution in [0.15, 0.2) is 34.9 Å². The quantitative estimate of drug-likeness (QED) is 0.868. The maximum absolute atomic E-state index is 12.5. The predicted octanol–water partition coefficient (Wildman–Crippen LogP) is 3.11. The van der Waals surface area contributed by atoms with E-state index in [1.165, 1.54) is 12.1 Å². The third-order valence-corrected chi connectivity index (χ3v) is 4.71. The smallest absolute Gasteiger partial charge is 0.417 e.